The summed E-state index contributed by atoms with van der Waals surface area (Å²) in [5.41, 5.74) is 1.08. The van der Waals surface area contributed by atoms with E-state index in [0.29, 0.717) is 5.69 Å². The molecule has 9 nitrogen and oxygen atoms in total. The molecule has 9 heteroatoms. The minimum atomic E-state index is -0.981. The molecule has 1 saturated carbocycles. The molecular weight excluding hydrogens is 388 g/mol. The van der Waals surface area contributed by atoms with Gasteiger partial charge in [0, 0.05) is 31.1 Å². The third-order valence-corrected chi connectivity index (χ3v) is 6.17. The summed E-state index contributed by atoms with van der Waals surface area (Å²) in [6.45, 7) is 0. The SMILES string of the molecule is CNC(=O)[C@H]1CC[C@H](Nc2cccc3c2C(=O)N(C2CCC(=O)NC2=O)C3=O)CC1. The lowest BCUT2D eigenvalue weighted by Crippen LogP contribution is -2.54. The van der Waals surface area contributed by atoms with Gasteiger partial charge in [-0.25, -0.2) is 0 Å². The molecular formula is C21H24N4O5. The zero-order valence-electron chi connectivity index (χ0n) is 16.7. The number of fused-ring (bicyclic) bond motifs is 1. The molecule has 1 unspecified atom stereocenters. The Hall–Kier alpha value is -3.23. The van der Waals surface area contributed by atoms with Crippen LogP contribution in [0.1, 0.15) is 59.2 Å². The standard InChI is InChI=1S/C21H24N4O5/c1-22-18(27)11-5-7-12(8-6-11)23-14-4-2-3-13-17(14)21(30)25(20(13)29)15-9-10-16(26)24-19(15)28/h2-4,11-12,15,23H,5-10H2,1H3,(H,22,27)(H,24,26,28)/t11-,12-,15?. The van der Waals surface area contributed by atoms with Gasteiger partial charge in [-0.15, -0.1) is 0 Å². The molecule has 4 rings (SSSR count). The van der Waals surface area contributed by atoms with Gasteiger partial charge >= 0.3 is 0 Å². The van der Waals surface area contributed by atoms with Gasteiger partial charge in [0.15, 0.2) is 0 Å². The van der Waals surface area contributed by atoms with Crippen molar-refractivity contribution in [3.63, 3.8) is 0 Å². The summed E-state index contributed by atoms with van der Waals surface area (Å²) in [5, 5.41) is 8.25. The van der Waals surface area contributed by atoms with Gasteiger partial charge in [-0.2, -0.15) is 0 Å². The van der Waals surface area contributed by atoms with E-state index in [1.807, 2.05) is 0 Å². The Morgan fingerprint density at radius 3 is 2.43 bits per heavy atom. The number of nitrogens with one attached hydrogen (secondary N) is 3. The molecule has 158 valence electrons. The van der Waals surface area contributed by atoms with Crippen molar-refractivity contribution in [2.75, 3.05) is 12.4 Å². The Morgan fingerprint density at radius 1 is 1.03 bits per heavy atom. The molecule has 2 heterocycles. The number of hydrogen-bond donors (Lipinski definition) is 3. The van der Waals surface area contributed by atoms with Crippen LogP contribution in [0.2, 0.25) is 0 Å². The van der Waals surface area contributed by atoms with Gasteiger partial charge in [0.05, 0.1) is 11.1 Å². The minimum Gasteiger partial charge on any atom is -0.382 e. The van der Waals surface area contributed by atoms with Crippen molar-refractivity contribution in [3.05, 3.63) is 29.3 Å². The van der Waals surface area contributed by atoms with Gasteiger partial charge in [0.2, 0.25) is 17.7 Å². The van der Waals surface area contributed by atoms with Crippen LogP contribution in [-0.2, 0) is 14.4 Å². The van der Waals surface area contributed by atoms with Crippen LogP contribution >= 0.6 is 0 Å². The summed E-state index contributed by atoms with van der Waals surface area (Å²) < 4.78 is 0. The van der Waals surface area contributed by atoms with Crippen LogP contribution in [0, 0.1) is 5.92 Å². The number of anilines is 1. The van der Waals surface area contributed by atoms with Gasteiger partial charge in [0.25, 0.3) is 11.8 Å². The molecule has 0 aromatic heterocycles. The van der Waals surface area contributed by atoms with Crippen LogP contribution in [0.15, 0.2) is 18.2 Å². The molecule has 5 amide bonds. The highest BCUT2D eigenvalue weighted by Crippen LogP contribution is 2.34. The zero-order valence-corrected chi connectivity index (χ0v) is 16.7. The lowest BCUT2D eigenvalue weighted by atomic mass is 9.85. The minimum absolute atomic E-state index is 0.000707. The van der Waals surface area contributed by atoms with Crippen molar-refractivity contribution in [1.29, 1.82) is 0 Å². The fraction of sp³-hybridized carbons (Fsp3) is 0.476. The fourth-order valence-electron chi connectivity index (χ4n) is 4.56. The zero-order chi connectivity index (χ0) is 21.4. The normalized spacial score (nSPS) is 26.3. The maximum absolute atomic E-state index is 13.1. The second-order valence-electron chi connectivity index (χ2n) is 7.98. The largest absolute Gasteiger partial charge is 0.382 e. The number of amides is 5. The third-order valence-electron chi connectivity index (χ3n) is 6.17. The quantitative estimate of drug-likeness (QED) is 0.629. The molecule has 1 atom stereocenters. The number of piperidine rings is 1. The van der Waals surface area contributed by atoms with Gasteiger partial charge in [-0.1, -0.05) is 6.07 Å². The van der Waals surface area contributed by atoms with Crippen molar-refractivity contribution < 1.29 is 24.0 Å². The average Bonchev–Trinajstić information content (AvgIpc) is 2.99. The Balaban J connectivity index is 1.52. The van der Waals surface area contributed by atoms with E-state index in [0.717, 1.165) is 30.6 Å². The smallest absolute Gasteiger partial charge is 0.264 e. The van der Waals surface area contributed by atoms with E-state index in [1.165, 1.54) is 0 Å². The second-order valence-corrected chi connectivity index (χ2v) is 7.98. The van der Waals surface area contributed by atoms with Crippen LogP contribution in [0.5, 0.6) is 0 Å². The Kier molecular flexibility index (Phi) is 5.27. The Labute approximate surface area is 173 Å². The summed E-state index contributed by atoms with van der Waals surface area (Å²) in [7, 11) is 1.64. The molecule has 0 spiro atoms. The van der Waals surface area contributed by atoms with Gasteiger partial charge in [0.1, 0.15) is 6.04 Å². The van der Waals surface area contributed by atoms with Crippen LogP contribution < -0.4 is 16.0 Å². The molecule has 30 heavy (non-hydrogen) atoms. The number of imide groups is 2. The molecule has 1 aliphatic carbocycles. The second kappa shape index (κ2) is 7.89. The van der Waals surface area contributed by atoms with Crippen LogP contribution in [0.3, 0.4) is 0 Å². The van der Waals surface area contributed by atoms with Gasteiger partial charge < -0.3 is 10.6 Å². The van der Waals surface area contributed by atoms with E-state index in [4.69, 9.17) is 0 Å². The van der Waals surface area contributed by atoms with E-state index in [-0.39, 0.29) is 41.8 Å². The van der Waals surface area contributed by atoms with Gasteiger partial charge in [-0.3, -0.25) is 34.2 Å². The first-order valence-corrected chi connectivity index (χ1v) is 10.2. The number of nitrogens with zero attached hydrogens (tertiary/aromatic N) is 1. The lowest BCUT2D eigenvalue weighted by Gasteiger charge is -2.29. The lowest BCUT2D eigenvalue weighted by molar-refractivity contribution is -0.136. The maximum Gasteiger partial charge on any atom is 0.264 e. The van der Waals surface area contributed by atoms with E-state index < -0.39 is 29.7 Å². The number of benzene rings is 1. The van der Waals surface area contributed by atoms with Crippen molar-refractivity contribution >= 4 is 35.2 Å². The molecule has 3 aliphatic rings. The highest BCUT2D eigenvalue weighted by atomic mass is 16.2. The Morgan fingerprint density at radius 2 is 1.77 bits per heavy atom. The van der Waals surface area contributed by atoms with Crippen molar-refractivity contribution in [2.24, 2.45) is 5.92 Å². The maximum atomic E-state index is 13.1. The predicted octanol–water partition coefficient (Wildman–Crippen LogP) is 0.804. The average molecular weight is 412 g/mol. The van der Waals surface area contributed by atoms with Crippen LogP contribution in [-0.4, -0.2) is 53.6 Å². The first kappa shape index (κ1) is 20.1. The van der Waals surface area contributed by atoms with Crippen molar-refractivity contribution in [2.45, 2.75) is 50.6 Å². The Bertz CT molecular complexity index is 935. The summed E-state index contributed by atoms with van der Waals surface area (Å²) in [6, 6.07) is 4.14. The molecule has 2 fully saturated rings. The van der Waals surface area contributed by atoms with Crippen LogP contribution in [0.25, 0.3) is 0 Å². The van der Waals surface area contributed by atoms with E-state index >= 15 is 0 Å². The first-order valence-electron chi connectivity index (χ1n) is 10.2. The number of carbonyl (C=O) groups is 5. The third kappa shape index (κ3) is 3.44. The van der Waals surface area contributed by atoms with Crippen molar-refractivity contribution in [3.8, 4) is 0 Å². The predicted molar refractivity (Wildman–Crippen MR) is 107 cm³/mol. The number of carbonyl (C=O) groups excluding carboxylic acids is 5. The van der Waals surface area contributed by atoms with Crippen molar-refractivity contribution in [1.82, 2.24) is 15.5 Å². The summed E-state index contributed by atoms with van der Waals surface area (Å²) in [5.74, 6) is -2.01. The summed E-state index contributed by atoms with van der Waals surface area (Å²) in [6.07, 6.45) is 3.27. The van der Waals surface area contributed by atoms with Crippen LogP contribution in [0.4, 0.5) is 5.69 Å². The highest BCUT2D eigenvalue weighted by Gasteiger charge is 2.45. The highest BCUT2D eigenvalue weighted by molar-refractivity contribution is 6.25. The molecule has 0 bridgehead atoms. The molecule has 1 aromatic rings. The number of hydrogen-bond acceptors (Lipinski definition) is 6. The van der Waals surface area contributed by atoms with E-state index in [1.54, 1.807) is 25.2 Å². The molecule has 1 saturated heterocycles. The summed E-state index contributed by atoms with van der Waals surface area (Å²) >= 11 is 0. The van der Waals surface area contributed by atoms with E-state index in [2.05, 4.69) is 16.0 Å². The van der Waals surface area contributed by atoms with Gasteiger partial charge in [-0.05, 0) is 44.2 Å². The molecule has 0 radical (unpaired) electrons. The summed E-state index contributed by atoms with van der Waals surface area (Å²) in [4.78, 5) is 62.5. The molecule has 3 N–H and O–H groups in total. The fourth-order valence-corrected chi connectivity index (χ4v) is 4.56. The number of rotatable bonds is 4. The molecule has 1 aromatic carbocycles. The van der Waals surface area contributed by atoms with E-state index in [9.17, 15) is 24.0 Å². The topological polar surface area (TPSA) is 125 Å². The monoisotopic (exact) mass is 412 g/mol. The molecule has 2 aliphatic heterocycles. The first-order chi connectivity index (χ1) is 14.4.